The molecule has 138 valence electrons. The number of hydrazine groups is 2. The third kappa shape index (κ3) is 3.06. The number of ether oxygens (including phenoxy) is 1. The second-order valence-corrected chi connectivity index (χ2v) is 6.87. The predicted octanol–water partition coefficient (Wildman–Crippen LogP) is 5.49. The highest BCUT2D eigenvalue weighted by Crippen LogP contribution is 2.44. The molecule has 0 amide bonds. The average molecular weight is 405 g/mol. The van der Waals surface area contributed by atoms with Crippen molar-refractivity contribution in [3.63, 3.8) is 0 Å². The maximum Gasteiger partial charge on any atom is 0.157 e. The summed E-state index contributed by atoms with van der Waals surface area (Å²) in [7, 11) is 1.58. The molecule has 0 unspecified atom stereocenters. The van der Waals surface area contributed by atoms with Gasteiger partial charge >= 0.3 is 0 Å². The summed E-state index contributed by atoms with van der Waals surface area (Å²) in [6.07, 6.45) is 1.67. The Balaban J connectivity index is 1.90. The number of methoxy groups -OCH3 is 1. The van der Waals surface area contributed by atoms with Crippen LogP contribution >= 0.6 is 23.2 Å². The molecule has 5 nitrogen and oxygen atoms in total. The van der Waals surface area contributed by atoms with Crippen molar-refractivity contribution >= 4 is 40.4 Å². The van der Waals surface area contributed by atoms with Crippen LogP contribution in [0.1, 0.15) is 5.56 Å². The van der Waals surface area contributed by atoms with Gasteiger partial charge in [-0.2, -0.15) is 0 Å². The smallest absolute Gasteiger partial charge is 0.157 e. The van der Waals surface area contributed by atoms with Crippen LogP contribution in [0.3, 0.4) is 0 Å². The molecular weight excluding hydrogens is 390 g/mol. The molecule has 2 aromatic carbocycles. The molecule has 0 saturated heterocycles. The number of hydrogen-bond acceptors (Lipinski definition) is 5. The van der Waals surface area contributed by atoms with Crippen molar-refractivity contribution in [1.29, 1.82) is 0 Å². The van der Waals surface area contributed by atoms with Crippen LogP contribution < -0.4 is 20.7 Å². The number of aryl methyl sites for hydroxylation is 1. The highest BCUT2D eigenvalue weighted by molar-refractivity contribution is 6.33. The van der Waals surface area contributed by atoms with E-state index in [0.29, 0.717) is 33.0 Å². The quantitative estimate of drug-likeness (QED) is 0.603. The number of benzene rings is 2. The molecule has 4 rings (SSSR count). The van der Waals surface area contributed by atoms with Gasteiger partial charge in [0.25, 0.3) is 0 Å². The molecule has 27 heavy (non-hydrogen) atoms. The van der Waals surface area contributed by atoms with Gasteiger partial charge in [-0.25, -0.2) is 14.4 Å². The van der Waals surface area contributed by atoms with Crippen molar-refractivity contribution < 1.29 is 9.13 Å². The van der Waals surface area contributed by atoms with E-state index in [0.717, 1.165) is 16.7 Å². The summed E-state index contributed by atoms with van der Waals surface area (Å²) in [5.41, 5.74) is 9.18. The standard InChI is InChI=1S/C19H15Cl2FN4O/c1-10-5-6-23-19(17(10)13-4-3-12(27-2)9-14(13)21)26-18-15(22)7-11(20)8-16(18)24-25-26/h3-9,24-25H,1-2H3. The number of rotatable bonds is 3. The van der Waals surface area contributed by atoms with Crippen molar-refractivity contribution in [2.75, 3.05) is 17.5 Å². The number of nitrogens with zero attached hydrogens (tertiary/aromatic N) is 2. The molecule has 0 saturated carbocycles. The largest absolute Gasteiger partial charge is 0.497 e. The topological polar surface area (TPSA) is 49.4 Å². The molecule has 0 atom stereocenters. The lowest BCUT2D eigenvalue weighted by Crippen LogP contribution is -2.33. The molecule has 2 heterocycles. The van der Waals surface area contributed by atoms with Crippen LogP contribution in [-0.4, -0.2) is 12.1 Å². The number of fused-ring (bicyclic) bond motifs is 1. The lowest BCUT2D eigenvalue weighted by molar-refractivity contribution is 0.415. The molecular formula is C19H15Cl2FN4O. The van der Waals surface area contributed by atoms with E-state index in [1.54, 1.807) is 30.4 Å². The summed E-state index contributed by atoms with van der Waals surface area (Å²) < 4.78 is 19.8. The Kier molecular flexibility index (Phi) is 4.55. The fourth-order valence-corrected chi connectivity index (χ4v) is 3.56. The van der Waals surface area contributed by atoms with E-state index in [-0.39, 0.29) is 0 Å². The molecule has 0 fully saturated rings. The van der Waals surface area contributed by atoms with E-state index in [1.807, 2.05) is 25.1 Å². The maximum atomic E-state index is 14.6. The van der Waals surface area contributed by atoms with Gasteiger partial charge in [0, 0.05) is 22.3 Å². The molecule has 1 aromatic heterocycles. The van der Waals surface area contributed by atoms with Crippen molar-refractivity contribution in [3.05, 3.63) is 64.0 Å². The zero-order valence-electron chi connectivity index (χ0n) is 14.5. The highest BCUT2D eigenvalue weighted by Gasteiger charge is 2.29. The Morgan fingerprint density at radius 1 is 1.15 bits per heavy atom. The lowest BCUT2D eigenvalue weighted by Gasteiger charge is -2.22. The zero-order chi connectivity index (χ0) is 19.1. The number of hydrogen-bond donors (Lipinski definition) is 2. The number of nitrogens with one attached hydrogen (secondary N) is 2. The first kappa shape index (κ1) is 17.9. The summed E-state index contributed by atoms with van der Waals surface area (Å²) in [6.45, 7) is 1.95. The summed E-state index contributed by atoms with van der Waals surface area (Å²) in [6, 6.07) is 10.2. The van der Waals surface area contributed by atoms with Crippen LogP contribution in [0, 0.1) is 12.7 Å². The van der Waals surface area contributed by atoms with Gasteiger partial charge in [-0.15, -0.1) is 5.53 Å². The summed E-state index contributed by atoms with van der Waals surface area (Å²) in [4.78, 5) is 4.48. The number of pyridine rings is 1. The van der Waals surface area contributed by atoms with Gasteiger partial charge in [-0.1, -0.05) is 23.2 Å². The molecule has 0 aliphatic carbocycles. The van der Waals surface area contributed by atoms with Crippen LogP contribution in [0.4, 0.5) is 21.6 Å². The van der Waals surface area contributed by atoms with E-state index in [1.165, 1.54) is 6.07 Å². The van der Waals surface area contributed by atoms with Crippen molar-refractivity contribution in [3.8, 4) is 16.9 Å². The Bertz CT molecular complexity index is 1040. The molecule has 1 aliphatic rings. The summed E-state index contributed by atoms with van der Waals surface area (Å²) in [5, 5.41) is 2.36. The third-order valence-electron chi connectivity index (χ3n) is 4.35. The second-order valence-electron chi connectivity index (χ2n) is 6.03. The average Bonchev–Trinajstić information content (AvgIpc) is 3.06. The Labute approximate surface area is 165 Å². The minimum absolute atomic E-state index is 0.304. The molecule has 0 radical (unpaired) electrons. The van der Waals surface area contributed by atoms with Crippen molar-refractivity contribution in [2.24, 2.45) is 0 Å². The normalized spacial score (nSPS) is 12.7. The van der Waals surface area contributed by atoms with Gasteiger partial charge < -0.3 is 10.2 Å². The Morgan fingerprint density at radius 2 is 1.96 bits per heavy atom. The fraction of sp³-hybridized carbons (Fsp3) is 0.105. The molecule has 0 bridgehead atoms. The van der Waals surface area contributed by atoms with Crippen molar-refractivity contribution in [2.45, 2.75) is 6.92 Å². The Morgan fingerprint density at radius 3 is 2.70 bits per heavy atom. The number of anilines is 3. The van der Waals surface area contributed by atoms with Crippen LogP contribution in [0.2, 0.25) is 10.0 Å². The fourth-order valence-electron chi connectivity index (χ4n) is 3.09. The van der Waals surface area contributed by atoms with E-state index < -0.39 is 5.82 Å². The maximum absolute atomic E-state index is 14.6. The number of aromatic nitrogens is 1. The monoisotopic (exact) mass is 404 g/mol. The highest BCUT2D eigenvalue weighted by atomic mass is 35.5. The predicted molar refractivity (Wildman–Crippen MR) is 106 cm³/mol. The van der Waals surface area contributed by atoms with Crippen LogP contribution in [0.5, 0.6) is 5.75 Å². The Hall–Kier alpha value is -2.54. The first-order valence-electron chi connectivity index (χ1n) is 8.10. The molecule has 1 aliphatic heterocycles. The zero-order valence-corrected chi connectivity index (χ0v) is 16.0. The van der Waals surface area contributed by atoms with E-state index in [4.69, 9.17) is 27.9 Å². The third-order valence-corrected chi connectivity index (χ3v) is 4.88. The minimum atomic E-state index is -0.468. The van der Waals surface area contributed by atoms with Gasteiger partial charge in [-0.3, -0.25) is 0 Å². The molecule has 8 heteroatoms. The lowest BCUT2D eigenvalue weighted by atomic mass is 10.0. The molecule has 0 spiro atoms. The number of halogens is 3. The molecule has 2 N–H and O–H groups in total. The minimum Gasteiger partial charge on any atom is -0.497 e. The summed E-state index contributed by atoms with van der Waals surface area (Å²) >= 11 is 12.4. The molecule has 3 aromatic rings. The van der Waals surface area contributed by atoms with Gasteiger partial charge in [0.15, 0.2) is 11.6 Å². The second kappa shape index (κ2) is 6.88. The van der Waals surface area contributed by atoms with E-state index in [2.05, 4.69) is 15.9 Å². The van der Waals surface area contributed by atoms with Gasteiger partial charge in [0.2, 0.25) is 0 Å². The van der Waals surface area contributed by atoms with Crippen LogP contribution in [0.15, 0.2) is 42.6 Å². The van der Waals surface area contributed by atoms with Gasteiger partial charge in [-0.05, 0) is 48.9 Å². The van der Waals surface area contributed by atoms with Crippen LogP contribution in [0.25, 0.3) is 11.1 Å². The first-order valence-corrected chi connectivity index (χ1v) is 8.85. The van der Waals surface area contributed by atoms with E-state index in [9.17, 15) is 4.39 Å². The van der Waals surface area contributed by atoms with E-state index >= 15 is 0 Å². The van der Waals surface area contributed by atoms with Crippen LogP contribution in [-0.2, 0) is 0 Å². The van der Waals surface area contributed by atoms with Crippen molar-refractivity contribution in [1.82, 2.24) is 10.5 Å². The van der Waals surface area contributed by atoms with Gasteiger partial charge in [0.05, 0.1) is 17.8 Å². The first-order chi connectivity index (χ1) is 13.0. The van der Waals surface area contributed by atoms with Gasteiger partial charge in [0.1, 0.15) is 11.4 Å². The summed E-state index contributed by atoms with van der Waals surface area (Å²) in [5.74, 6) is 0.693. The SMILES string of the molecule is COc1ccc(-c2c(C)ccnc2N2NNc3cc(Cl)cc(F)c32)c(Cl)c1.